The van der Waals surface area contributed by atoms with E-state index < -0.39 is 0 Å². The molecule has 0 aromatic heterocycles. The van der Waals surface area contributed by atoms with Crippen molar-refractivity contribution in [3.8, 4) is 0 Å². The highest BCUT2D eigenvalue weighted by Gasteiger charge is 2.03. The van der Waals surface area contributed by atoms with E-state index in [0.29, 0.717) is 0 Å². The van der Waals surface area contributed by atoms with Crippen molar-refractivity contribution in [2.24, 2.45) is 5.92 Å². The second-order valence-corrected chi connectivity index (χ2v) is 4.44. The Hall–Kier alpha value is -0.0400. The van der Waals surface area contributed by atoms with Crippen LogP contribution >= 0.6 is 0 Å². The maximum Gasteiger partial charge on any atom is 0.0491 e. The third kappa shape index (κ3) is 6.09. The summed E-state index contributed by atoms with van der Waals surface area (Å²) in [6.07, 6.45) is 11.1. The Morgan fingerprint density at radius 2 is 1.46 bits per heavy atom. The van der Waals surface area contributed by atoms with Gasteiger partial charge in [-0.3, -0.25) is 0 Å². The van der Waals surface area contributed by atoms with Gasteiger partial charge < -0.3 is 4.74 Å². The molecule has 1 aliphatic heterocycles. The fourth-order valence-corrected chi connectivity index (χ4v) is 1.95. The van der Waals surface area contributed by atoms with Crippen molar-refractivity contribution in [3.05, 3.63) is 0 Å². The summed E-state index contributed by atoms with van der Waals surface area (Å²) in [5.74, 6) is 0.777. The van der Waals surface area contributed by atoms with Crippen molar-refractivity contribution >= 4 is 0 Å². The van der Waals surface area contributed by atoms with Crippen molar-refractivity contribution < 1.29 is 4.74 Å². The van der Waals surface area contributed by atoms with Crippen molar-refractivity contribution in [1.82, 2.24) is 0 Å². The van der Waals surface area contributed by atoms with E-state index in [9.17, 15) is 0 Å². The van der Waals surface area contributed by atoms with Crippen LogP contribution in [-0.4, -0.2) is 13.2 Å². The summed E-state index contributed by atoms with van der Waals surface area (Å²) < 4.78 is 5.62. The van der Waals surface area contributed by atoms with Crippen LogP contribution in [0, 0.1) is 5.92 Å². The number of rotatable bonds is 0. The molecule has 1 aliphatic rings. The summed E-state index contributed by atoms with van der Waals surface area (Å²) in [4.78, 5) is 0. The molecule has 1 saturated heterocycles. The van der Waals surface area contributed by atoms with E-state index in [1.54, 1.807) is 0 Å². The summed E-state index contributed by atoms with van der Waals surface area (Å²) in [5.41, 5.74) is 0. The first-order valence-corrected chi connectivity index (χ1v) is 5.97. The van der Waals surface area contributed by atoms with E-state index >= 15 is 0 Å². The van der Waals surface area contributed by atoms with Crippen LogP contribution in [0.1, 0.15) is 58.3 Å². The van der Waals surface area contributed by atoms with Crippen LogP contribution in [0.2, 0.25) is 0 Å². The predicted octanol–water partition coefficient (Wildman–Crippen LogP) is 3.77. The average molecular weight is 184 g/mol. The number of hydrogen-bond acceptors (Lipinski definition) is 1. The topological polar surface area (TPSA) is 9.23 Å². The summed E-state index contributed by atoms with van der Waals surface area (Å²) in [6.45, 7) is 4.29. The zero-order valence-electron chi connectivity index (χ0n) is 9.06. The Balaban J connectivity index is 2.11. The zero-order valence-corrected chi connectivity index (χ0v) is 9.06. The molecule has 0 aromatic carbocycles. The molecule has 1 rings (SSSR count). The van der Waals surface area contributed by atoms with Crippen LogP contribution in [0.3, 0.4) is 0 Å². The van der Waals surface area contributed by atoms with Gasteiger partial charge >= 0.3 is 0 Å². The average Bonchev–Trinajstić information content (AvgIpc) is 2.11. The molecule has 0 N–H and O–H groups in total. The first-order chi connectivity index (χ1) is 6.39. The monoisotopic (exact) mass is 184 g/mol. The Kier molecular flexibility index (Phi) is 6.26. The number of hydrogen-bond donors (Lipinski definition) is 0. The first-order valence-electron chi connectivity index (χ1n) is 5.97. The molecule has 1 atom stereocenters. The Bertz CT molecular complexity index is 99.7. The van der Waals surface area contributed by atoms with Gasteiger partial charge in [-0.15, -0.1) is 0 Å². The van der Waals surface area contributed by atoms with Gasteiger partial charge in [0.05, 0.1) is 0 Å². The Morgan fingerprint density at radius 3 is 2.23 bits per heavy atom. The fourth-order valence-electron chi connectivity index (χ4n) is 1.95. The van der Waals surface area contributed by atoms with Gasteiger partial charge in [-0.05, 0) is 18.8 Å². The molecule has 1 heterocycles. The highest BCUT2D eigenvalue weighted by Crippen LogP contribution is 2.14. The lowest BCUT2D eigenvalue weighted by Crippen LogP contribution is -2.07. The smallest absolute Gasteiger partial charge is 0.0491 e. The van der Waals surface area contributed by atoms with Crippen LogP contribution in [0.15, 0.2) is 0 Å². The summed E-state index contributed by atoms with van der Waals surface area (Å²) in [7, 11) is 0. The molecule has 1 fully saturated rings. The van der Waals surface area contributed by atoms with Crippen molar-refractivity contribution in [1.29, 1.82) is 0 Å². The van der Waals surface area contributed by atoms with Crippen LogP contribution in [0.25, 0.3) is 0 Å². The maximum atomic E-state index is 5.62. The molecule has 1 nitrogen and oxygen atoms in total. The first kappa shape index (κ1) is 11.0. The molecule has 13 heavy (non-hydrogen) atoms. The molecule has 0 amide bonds. The zero-order chi connectivity index (χ0) is 9.36. The minimum absolute atomic E-state index is 0.777. The van der Waals surface area contributed by atoms with Gasteiger partial charge in [0.2, 0.25) is 0 Å². The van der Waals surface area contributed by atoms with Crippen LogP contribution in [0.4, 0.5) is 0 Å². The maximum absolute atomic E-state index is 5.62. The van der Waals surface area contributed by atoms with E-state index in [-0.39, 0.29) is 0 Å². The summed E-state index contributed by atoms with van der Waals surface area (Å²) in [5, 5.41) is 0. The lowest BCUT2D eigenvalue weighted by atomic mass is 10.0. The molecule has 0 saturated carbocycles. The fraction of sp³-hybridized carbons (Fsp3) is 1.00. The van der Waals surface area contributed by atoms with E-state index in [2.05, 4.69) is 6.92 Å². The van der Waals surface area contributed by atoms with Gasteiger partial charge in [-0.2, -0.15) is 0 Å². The van der Waals surface area contributed by atoms with E-state index in [1.807, 2.05) is 0 Å². The summed E-state index contributed by atoms with van der Waals surface area (Å²) >= 11 is 0. The normalized spacial score (nSPS) is 28.8. The van der Waals surface area contributed by atoms with Crippen LogP contribution in [-0.2, 0) is 4.74 Å². The molecule has 0 aliphatic carbocycles. The standard InChI is InChI=1S/C12H24O/c1-12-9-7-5-3-2-4-6-8-10-13-11-12/h12H,2-11H2,1H3. The minimum Gasteiger partial charge on any atom is -0.381 e. The van der Waals surface area contributed by atoms with Gasteiger partial charge in [0.25, 0.3) is 0 Å². The predicted molar refractivity (Wildman–Crippen MR) is 56.9 cm³/mol. The van der Waals surface area contributed by atoms with Gasteiger partial charge in [0.1, 0.15) is 0 Å². The lowest BCUT2D eigenvalue weighted by Gasteiger charge is -2.13. The molecule has 0 spiro atoms. The molecule has 78 valence electrons. The largest absolute Gasteiger partial charge is 0.381 e. The molecular formula is C12H24O. The van der Waals surface area contributed by atoms with Crippen molar-refractivity contribution in [2.45, 2.75) is 58.3 Å². The lowest BCUT2D eigenvalue weighted by molar-refractivity contribution is 0.0967. The van der Waals surface area contributed by atoms with Crippen molar-refractivity contribution in [2.75, 3.05) is 13.2 Å². The van der Waals surface area contributed by atoms with Gasteiger partial charge in [0, 0.05) is 13.2 Å². The van der Waals surface area contributed by atoms with E-state index in [4.69, 9.17) is 4.74 Å². The van der Waals surface area contributed by atoms with Crippen molar-refractivity contribution in [3.63, 3.8) is 0 Å². The SMILES string of the molecule is CC1CCCCCCCCCOC1. The van der Waals surface area contributed by atoms with Gasteiger partial charge in [-0.25, -0.2) is 0 Å². The highest BCUT2D eigenvalue weighted by atomic mass is 16.5. The van der Waals surface area contributed by atoms with Gasteiger partial charge in [-0.1, -0.05) is 45.4 Å². The Morgan fingerprint density at radius 1 is 0.846 bits per heavy atom. The third-order valence-corrected chi connectivity index (χ3v) is 2.89. The quantitative estimate of drug-likeness (QED) is 0.557. The molecule has 0 aromatic rings. The highest BCUT2D eigenvalue weighted by molar-refractivity contribution is 4.54. The molecule has 0 radical (unpaired) electrons. The van der Waals surface area contributed by atoms with Gasteiger partial charge in [0.15, 0.2) is 0 Å². The van der Waals surface area contributed by atoms with Crippen LogP contribution < -0.4 is 0 Å². The third-order valence-electron chi connectivity index (χ3n) is 2.89. The molecular weight excluding hydrogens is 160 g/mol. The molecule has 1 unspecified atom stereocenters. The minimum atomic E-state index is 0.777. The Labute approximate surface area is 82.9 Å². The second kappa shape index (κ2) is 7.37. The second-order valence-electron chi connectivity index (χ2n) is 4.44. The van der Waals surface area contributed by atoms with E-state index in [1.165, 1.54) is 51.4 Å². The molecule has 1 heteroatoms. The van der Waals surface area contributed by atoms with E-state index in [0.717, 1.165) is 19.1 Å². The van der Waals surface area contributed by atoms with Crippen LogP contribution in [0.5, 0.6) is 0 Å². The molecule has 0 bridgehead atoms. The number of ether oxygens (including phenoxy) is 1. The summed E-state index contributed by atoms with van der Waals surface area (Å²) in [6, 6.07) is 0.